The summed E-state index contributed by atoms with van der Waals surface area (Å²) >= 11 is 12.7. The summed E-state index contributed by atoms with van der Waals surface area (Å²) in [4.78, 5) is 8.51. The molecule has 5 rings (SSSR count). The summed E-state index contributed by atoms with van der Waals surface area (Å²) in [7, 11) is -3.48. The van der Waals surface area contributed by atoms with Gasteiger partial charge in [-0.3, -0.25) is 0 Å². The molecule has 6 nitrogen and oxygen atoms in total. The Hall–Kier alpha value is -3.34. The molecule has 0 radical (unpaired) electrons. The van der Waals surface area contributed by atoms with Gasteiger partial charge < -0.3 is 8.98 Å². The van der Waals surface area contributed by atoms with Crippen molar-refractivity contribution in [1.82, 2.24) is 14.5 Å². The molecule has 0 aliphatic heterocycles. The Labute approximate surface area is 245 Å². The van der Waals surface area contributed by atoms with Gasteiger partial charge in [0.25, 0.3) is 0 Å². The Kier molecular flexibility index (Phi) is 7.46. The molecule has 2 aromatic heterocycles. The van der Waals surface area contributed by atoms with Crippen LogP contribution in [0.4, 0.5) is 13.2 Å². The van der Waals surface area contributed by atoms with E-state index in [1.807, 2.05) is 6.92 Å². The molecule has 2 heterocycles. The fourth-order valence-electron chi connectivity index (χ4n) is 4.80. The zero-order valence-corrected chi connectivity index (χ0v) is 24.7. The van der Waals surface area contributed by atoms with E-state index in [-0.39, 0.29) is 16.6 Å². The minimum absolute atomic E-state index is 0.0859. The minimum atomic E-state index is -4.64. The zero-order valence-electron chi connectivity index (χ0n) is 22.3. The second kappa shape index (κ2) is 10.5. The van der Waals surface area contributed by atoms with Crippen molar-refractivity contribution in [2.75, 3.05) is 6.26 Å². The van der Waals surface area contributed by atoms with E-state index in [1.54, 1.807) is 49.4 Å². The lowest BCUT2D eigenvalue weighted by atomic mass is 9.91. The molecule has 12 heteroatoms. The van der Waals surface area contributed by atoms with Gasteiger partial charge in [0, 0.05) is 30.0 Å². The van der Waals surface area contributed by atoms with Gasteiger partial charge in [0.1, 0.15) is 11.5 Å². The Balaban J connectivity index is 1.77. The van der Waals surface area contributed by atoms with Crippen LogP contribution in [0.2, 0.25) is 0 Å². The number of allylic oxidation sites excluding steroid dienone is 4. The summed E-state index contributed by atoms with van der Waals surface area (Å²) in [6, 6.07) is 11.5. The first-order valence-electron chi connectivity index (χ1n) is 12.5. The second-order valence-corrected chi connectivity index (χ2v) is 12.8. The number of sulfone groups is 1. The topological polar surface area (TPSA) is 78.0 Å². The summed E-state index contributed by atoms with van der Waals surface area (Å²) in [5.41, 5.74) is 2.16. The first-order chi connectivity index (χ1) is 19.1. The Morgan fingerprint density at radius 3 is 2.39 bits per heavy atom. The van der Waals surface area contributed by atoms with Crippen molar-refractivity contribution in [1.29, 1.82) is 0 Å². The molecule has 0 saturated carbocycles. The normalized spacial score (nSPS) is 16.3. The highest BCUT2D eigenvalue weighted by molar-refractivity contribution is 7.90. The predicted octanol–water partition coefficient (Wildman–Crippen LogP) is 8.35. The number of halogens is 5. The largest absolute Gasteiger partial charge is 0.441 e. The quantitative estimate of drug-likeness (QED) is 0.224. The van der Waals surface area contributed by atoms with Crippen molar-refractivity contribution in [3.05, 3.63) is 88.0 Å². The number of benzene rings is 2. The number of aromatic nitrogens is 3. The maximum Gasteiger partial charge on any atom is 0.434 e. The molecule has 0 N–H and O–H groups in total. The van der Waals surface area contributed by atoms with E-state index < -0.39 is 21.7 Å². The SMILES string of the molecule is Cc1nc(-c2cc(-c3cccc(S(C)(=O)=O)c3)ccc2-n2cc(C(F)(F)F)nc2C)c(C2=CC(Cl)=C(Cl)C(C)C2)o1. The van der Waals surface area contributed by atoms with Crippen molar-refractivity contribution in [2.24, 2.45) is 5.92 Å². The maximum absolute atomic E-state index is 13.6. The number of hydrogen-bond acceptors (Lipinski definition) is 5. The number of nitrogens with zero attached hydrogens (tertiary/aromatic N) is 3. The Bertz CT molecular complexity index is 1850. The van der Waals surface area contributed by atoms with E-state index in [4.69, 9.17) is 27.6 Å². The smallest absolute Gasteiger partial charge is 0.434 e. The summed E-state index contributed by atoms with van der Waals surface area (Å²) in [5, 5.41) is 0.891. The molecular weight excluding hydrogens is 598 g/mol. The molecule has 4 aromatic rings. The first kappa shape index (κ1) is 29.2. The van der Waals surface area contributed by atoms with Crippen LogP contribution in [0.1, 0.15) is 36.5 Å². The second-order valence-electron chi connectivity index (χ2n) is 9.95. The van der Waals surface area contributed by atoms with Gasteiger partial charge in [0.2, 0.25) is 0 Å². The van der Waals surface area contributed by atoms with Gasteiger partial charge >= 0.3 is 6.18 Å². The van der Waals surface area contributed by atoms with Crippen molar-refractivity contribution in [3.63, 3.8) is 0 Å². The number of alkyl halides is 3. The van der Waals surface area contributed by atoms with Crippen molar-refractivity contribution in [3.8, 4) is 28.1 Å². The van der Waals surface area contributed by atoms with E-state index >= 15 is 0 Å². The molecule has 2 aromatic carbocycles. The van der Waals surface area contributed by atoms with Crippen LogP contribution in [-0.4, -0.2) is 29.2 Å². The summed E-state index contributed by atoms with van der Waals surface area (Å²) in [5.74, 6) is 0.787. The van der Waals surface area contributed by atoms with Crippen LogP contribution in [0.15, 0.2) is 74.1 Å². The third-order valence-corrected chi connectivity index (χ3v) is 8.89. The molecule has 1 atom stereocenters. The highest BCUT2D eigenvalue weighted by Gasteiger charge is 2.35. The summed E-state index contributed by atoms with van der Waals surface area (Å²) in [6.45, 7) is 5.08. The lowest BCUT2D eigenvalue weighted by molar-refractivity contribution is -0.141. The Morgan fingerprint density at radius 2 is 1.76 bits per heavy atom. The van der Waals surface area contributed by atoms with Gasteiger partial charge in [-0.1, -0.05) is 48.3 Å². The number of oxazole rings is 1. The van der Waals surface area contributed by atoms with Gasteiger partial charge in [-0.25, -0.2) is 18.4 Å². The minimum Gasteiger partial charge on any atom is -0.441 e. The van der Waals surface area contributed by atoms with Gasteiger partial charge in [0.15, 0.2) is 27.2 Å². The van der Waals surface area contributed by atoms with Crippen molar-refractivity contribution >= 4 is 38.6 Å². The molecule has 1 unspecified atom stereocenters. The van der Waals surface area contributed by atoms with Crippen LogP contribution in [0.3, 0.4) is 0 Å². The maximum atomic E-state index is 13.6. The lowest BCUT2D eigenvalue weighted by Crippen LogP contribution is -2.05. The van der Waals surface area contributed by atoms with E-state index in [9.17, 15) is 21.6 Å². The Morgan fingerprint density at radius 1 is 1.05 bits per heavy atom. The van der Waals surface area contributed by atoms with Crippen LogP contribution in [-0.2, 0) is 16.0 Å². The molecule has 0 spiro atoms. The molecular formula is C29H24Cl2F3N3O3S. The van der Waals surface area contributed by atoms with Crippen LogP contribution < -0.4 is 0 Å². The number of rotatable bonds is 5. The molecule has 214 valence electrons. The van der Waals surface area contributed by atoms with Gasteiger partial charge in [-0.2, -0.15) is 13.2 Å². The van der Waals surface area contributed by atoms with E-state index in [1.165, 1.54) is 17.6 Å². The van der Waals surface area contributed by atoms with E-state index in [2.05, 4.69) is 9.97 Å². The zero-order chi connectivity index (χ0) is 29.9. The monoisotopic (exact) mass is 621 g/mol. The number of aryl methyl sites for hydroxylation is 2. The molecule has 1 aliphatic rings. The van der Waals surface area contributed by atoms with Gasteiger partial charge in [0.05, 0.1) is 15.6 Å². The lowest BCUT2D eigenvalue weighted by Gasteiger charge is -2.19. The summed E-state index contributed by atoms with van der Waals surface area (Å²) < 4.78 is 72.5. The molecule has 1 aliphatic carbocycles. The average molecular weight is 622 g/mol. The molecule has 41 heavy (non-hydrogen) atoms. The van der Waals surface area contributed by atoms with Crippen LogP contribution in [0.25, 0.3) is 33.6 Å². The standard InChI is InChI=1S/C29H24Cl2F3N3O3S/c1-15-10-20(13-23(30)26(15)31)28-27(36-17(3)40-28)22-12-19(18-6-5-7-21(11-18)41(4,38)39)8-9-24(22)37-14-25(29(32,33)34)35-16(37)2/h5-9,11-15H,10H2,1-4H3. The van der Waals surface area contributed by atoms with Crippen molar-refractivity contribution < 1.29 is 26.0 Å². The van der Waals surface area contributed by atoms with Gasteiger partial charge in [-0.15, -0.1) is 0 Å². The fourth-order valence-corrected chi connectivity index (χ4v) is 5.91. The third kappa shape index (κ3) is 5.73. The highest BCUT2D eigenvalue weighted by atomic mass is 35.5. The molecule has 0 amide bonds. The highest BCUT2D eigenvalue weighted by Crippen LogP contribution is 2.43. The van der Waals surface area contributed by atoms with E-state index in [0.717, 1.165) is 18.0 Å². The molecule has 0 fully saturated rings. The predicted molar refractivity (Wildman–Crippen MR) is 153 cm³/mol. The fraction of sp³-hybridized carbons (Fsp3) is 0.241. The summed E-state index contributed by atoms with van der Waals surface area (Å²) in [6.07, 6.45) is -0.369. The van der Waals surface area contributed by atoms with Crippen LogP contribution >= 0.6 is 23.2 Å². The number of imidazole rings is 1. The average Bonchev–Trinajstić information content (AvgIpc) is 3.49. The first-order valence-corrected chi connectivity index (χ1v) is 15.1. The van der Waals surface area contributed by atoms with Crippen LogP contribution in [0.5, 0.6) is 0 Å². The molecule has 0 saturated heterocycles. The number of hydrogen-bond donors (Lipinski definition) is 0. The van der Waals surface area contributed by atoms with Crippen LogP contribution in [0, 0.1) is 19.8 Å². The van der Waals surface area contributed by atoms with Crippen molar-refractivity contribution in [2.45, 2.75) is 38.3 Å². The van der Waals surface area contributed by atoms with Gasteiger partial charge in [-0.05, 0) is 66.3 Å². The van der Waals surface area contributed by atoms with E-state index in [0.29, 0.717) is 56.2 Å². The third-order valence-electron chi connectivity index (χ3n) is 6.79. The molecule has 0 bridgehead atoms.